The van der Waals surface area contributed by atoms with Gasteiger partial charge in [0.2, 0.25) is 5.91 Å². The third-order valence-corrected chi connectivity index (χ3v) is 5.60. The van der Waals surface area contributed by atoms with Gasteiger partial charge in [-0.3, -0.25) is 14.2 Å². The van der Waals surface area contributed by atoms with Gasteiger partial charge < -0.3 is 10.1 Å². The summed E-state index contributed by atoms with van der Waals surface area (Å²) in [7, 11) is 1.58. The minimum absolute atomic E-state index is 0.0796. The molecule has 0 aliphatic heterocycles. The molecule has 130 valence electrons. The van der Waals surface area contributed by atoms with Crippen LogP contribution in [0.1, 0.15) is 10.4 Å². The molecule has 24 heavy (non-hydrogen) atoms. The summed E-state index contributed by atoms with van der Waals surface area (Å²) in [6, 6.07) is 0. The van der Waals surface area contributed by atoms with E-state index in [-0.39, 0.29) is 17.2 Å². The molecule has 6 nitrogen and oxygen atoms in total. The molecular weight excluding hydrogens is 346 g/mol. The molecule has 0 bridgehead atoms. The van der Waals surface area contributed by atoms with E-state index < -0.39 is 0 Å². The minimum atomic E-state index is -0.116. The molecule has 2 aromatic heterocycles. The lowest BCUT2D eigenvalue weighted by Gasteiger charge is -2.10. The molecule has 0 aromatic carbocycles. The highest BCUT2D eigenvalue weighted by Gasteiger charge is 2.17. The van der Waals surface area contributed by atoms with Crippen LogP contribution >= 0.6 is 23.1 Å². The van der Waals surface area contributed by atoms with E-state index >= 15 is 0 Å². The van der Waals surface area contributed by atoms with Crippen molar-refractivity contribution in [1.82, 2.24) is 14.9 Å². The summed E-state index contributed by atoms with van der Waals surface area (Å²) in [6.07, 6.45) is 1.66. The van der Waals surface area contributed by atoms with E-state index in [0.29, 0.717) is 30.2 Å². The molecule has 8 heteroatoms. The Morgan fingerprint density at radius 1 is 1.50 bits per heavy atom. The third kappa shape index (κ3) is 4.06. The molecule has 0 saturated carbocycles. The molecule has 1 N–H and O–H groups in total. The van der Waals surface area contributed by atoms with E-state index in [0.717, 1.165) is 15.3 Å². The van der Waals surface area contributed by atoms with Gasteiger partial charge in [-0.15, -0.1) is 17.9 Å². The largest absolute Gasteiger partial charge is 0.383 e. The Hall–Kier alpha value is -1.64. The van der Waals surface area contributed by atoms with Crippen molar-refractivity contribution in [3.05, 3.63) is 33.4 Å². The second-order valence-electron chi connectivity index (χ2n) is 5.19. The standard InChI is InChI=1S/C16H21N3O3S2/c1-5-7-19-15(21)13-10(2)11(3)24-14(13)18-16(19)23-9-12(20)17-6-8-22-4/h5H,1,6-9H2,2-4H3,(H,17,20). The van der Waals surface area contributed by atoms with Crippen molar-refractivity contribution in [2.45, 2.75) is 25.5 Å². The van der Waals surface area contributed by atoms with Gasteiger partial charge in [-0.1, -0.05) is 17.8 Å². The van der Waals surface area contributed by atoms with Crippen LogP contribution in [0.15, 0.2) is 22.6 Å². The van der Waals surface area contributed by atoms with Crippen LogP contribution in [0.4, 0.5) is 0 Å². The van der Waals surface area contributed by atoms with Crippen LogP contribution in [0.2, 0.25) is 0 Å². The number of nitrogens with zero attached hydrogens (tertiary/aromatic N) is 2. The molecule has 2 rings (SSSR count). The highest BCUT2D eigenvalue weighted by atomic mass is 32.2. The molecule has 1 amide bonds. The van der Waals surface area contributed by atoms with Gasteiger partial charge in [-0.2, -0.15) is 0 Å². The van der Waals surface area contributed by atoms with Gasteiger partial charge in [-0.05, 0) is 19.4 Å². The van der Waals surface area contributed by atoms with Gasteiger partial charge >= 0.3 is 0 Å². The van der Waals surface area contributed by atoms with Crippen molar-refractivity contribution in [3.8, 4) is 0 Å². The summed E-state index contributed by atoms with van der Waals surface area (Å²) in [6.45, 7) is 8.92. The number of fused-ring (bicyclic) bond motifs is 1. The van der Waals surface area contributed by atoms with Gasteiger partial charge in [0.05, 0.1) is 17.7 Å². The second-order valence-corrected chi connectivity index (χ2v) is 7.34. The van der Waals surface area contributed by atoms with Gasteiger partial charge in [0.1, 0.15) is 4.83 Å². The molecule has 0 saturated heterocycles. The van der Waals surface area contributed by atoms with Crippen molar-refractivity contribution < 1.29 is 9.53 Å². The molecule has 0 aliphatic rings. The van der Waals surface area contributed by atoms with E-state index in [1.807, 2.05) is 13.8 Å². The number of aryl methyl sites for hydroxylation is 2. The van der Waals surface area contributed by atoms with Crippen LogP contribution in [-0.2, 0) is 16.1 Å². The van der Waals surface area contributed by atoms with Crippen LogP contribution in [0.5, 0.6) is 0 Å². The summed E-state index contributed by atoms with van der Waals surface area (Å²) >= 11 is 2.76. The quantitative estimate of drug-likeness (QED) is 0.335. The fourth-order valence-electron chi connectivity index (χ4n) is 2.18. The maximum atomic E-state index is 12.8. The Labute approximate surface area is 148 Å². The number of thiophene rings is 1. The first kappa shape index (κ1) is 18.7. The van der Waals surface area contributed by atoms with E-state index in [1.54, 1.807) is 17.8 Å². The number of aromatic nitrogens is 2. The topological polar surface area (TPSA) is 73.2 Å². The normalized spacial score (nSPS) is 11.0. The number of ether oxygens (including phenoxy) is 1. The van der Waals surface area contributed by atoms with E-state index in [9.17, 15) is 9.59 Å². The number of hydrogen-bond acceptors (Lipinski definition) is 6. The Kier molecular flexibility index (Phi) is 6.59. The SMILES string of the molecule is C=CCn1c(SCC(=O)NCCOC)nc2sc(C)c(C)c2c1=O. The van der Waals surface area contributed by atoms with Crippen molar-refractivity contribution in [3.63, 3.8) is 0 Å². The van der Waals surface area contributed by atoms with Gasteiger partial charge in [-0.25, -0.2) is 4.98 Å². The Bertz CT molecular complexity index is 811. The maximum absolute atomic E-state index is 12.8. The van der Waals surface area contributed by atoms with Gasteiger partial charge in [0.15, 0.2) is 5.16 Å². The summed E-state index contributed by atoms with van der Waals surface area (Å²) in [5.41, 5.74) is 0.892. The zero-order valence-electron chi connectivity index (χ0n) is 14.0. The number of nitrogens with one attached hydrogen (secondary N) is 1. The molecule has 0 radical (unpaired) electrons. The molecular formula is C16H21N3O3S2. The van der Waals surface area contributed by atoms with E-state index in [2.05, 4.69) is 16.9 Å². The van der Waals surface area contributed by atoms with Gasteiger partial charge in [0.25, 0.3) is 5.56 Å². The fourth-order valence-corrected chi connectivity index (χ4v) is 4.09. The second kappa shape index (κ2) is 8.46. The number of rotatable bonds is 8. The predicted octanol–water partition coefficient (Wildman–Crippen LogP) is 2.12. The first-order valence-corrected chi connectivity index (χ1v) is 9.29. The first-order valence-electron chi connectivity index (χ1n) is 7.49. The Balaban J connectivity index is 2.28. The van der Waals surface area contributed by atoms with Crippen LogP contribution in [0.3, 0.4) is 0 Å². The number of carbonyl (C=O) groups excluding carboxylic acids is 1. The van der Waals surface area contributed by atoms with E-state index in [4.69, 9.17) is 4.74 Å². The minimum Gasteiger partial charge on any atom is -0.383 e. The number of thioether (sulfide) groups is 1. The molecule has 0 aliphatic carbocycles. The summed E-state index contributed by atoms with van der Waals surface area (Å²) < 4.78 is 6.47. The number of carbonyl (C=O) groups is 1. The fraction of sp³-hybridized carbons (Fsp3) is 0.438. The first-order chi connectivity index (χ1) is 11.5. The van der Waals surface area contributed by atoms with Crippen molar-refractivity contribution in [2.75, 3.05) is 26.0 Å². The summed E-state index contributed by atoms with van der Waals surface area (Å²) in [5.74, 6) is 0.0809. The van der Waals surface area contributed by atoms with Crippen molar-refractivity contribution in [1.29, 1.82) is 0 Å². The Morgan fingerprint density at radius 2 is 2.25 bits per heavy atom. The highest BCUT2D eigenvalue weighted by Crippen LogP contribution is 2.28. The van der Waals surface area contributed by atoms with Crippen LogP contribution in [-0.4, -0.2) is 41.5 Å². The smallest absolute Gasteiger partial charge is 0.263 e. The highest BCUT2D eigenvalue weighted by molar-refractivity contribution is 7.99. The van der Waals surface area contributed by atoms with Crippen molar-refractivity contribution in [2.24, 2.45) is 0 Å². The Morgan fingerprint density at radius 3 is 2.92 bits per heavy atom. The lowest BCUT2D eigenvalue weighted by Crippen LogP contribution is -2.29. The molecule has 0 atom stereocenters. The number of methoxy groups -OCH3 is 1. The average molecular weight is 367 g/mol. The van der Waals surface area contributed by atoms with Crippen LogP contribution in [0.25, 0.3) is 10.2 Å². The van der Waals surface area contributed by atoms with Crippen LogP contribution < -0.4 is 10.9 Å². The van der Waals surface area contributed by atoms with Crippen LogP contribution in [0, 0.1) is 13.8 Å². The monoisotopic (exact) mass is 367 g/mol. The molecule has 2 heterocycles. The average Bonchev–Trinajstić information content (AvgIpc) is 2.83. The predicted molar refractivity (Wildman–Crippen MR) is 99.2 cm³/mol. The molecule has 0 unspecified atom stereocenters. The zero-order chi connectivity index (χ0) is 17.7. The number of amides is 1. The zero-order valence-corrected chi connectivity index (χ0v) is 15.7. The molecule has 0 fully saturated rings. The third-order valence-electron chi connectivity index (χ3n) is 3.53. The van der Waals surface area contributed by atoms with Crippen molar-refractivity contribution >= 4 is 39.2 Å². The number of hydrogen-bond donors (Lipinski definition) is 1. The van der Waals surface area contributed by atoms with Gasteiger partial charge in [0, 0.05) is 25.1 Å². The maximum Gasteiger partial charge on any atom is 0.263 e. The van der Waals surface area contributed by atoms with E-state index in [1.165, 1.54) is 23.1 Å². The summed E-state index contributed by atoms with van der Waals surface area (Å²) in [4.78, 5) is 31.0. The molecule has 2 aromatic rings. The lowest BCUT2D eigenvalue weighted by atomic mass is 10.2. The summed E-state index contributed by atoms with van der Waals surface area (Å²) in [5, 5.41) is 3.95. The molecule has 0 spiro atoms. The lowest BCUT2D eigenvalue weighted by molar-refractivity contribution is -0.118. The number of allylic oxidation sites excluding steroid dienone is 1.